The van der Waals surface area contributed by atoms with Gasteiger partial charge in [0.15, 0.2) is 0 Å². The number of rotatable bonds is 3. The molecular formula is C14H25N3O3. The summed E-state index contributed by atoms with van der Waals surface area (Å²) in [6.07, 6.45) is 3.53. The lowest BCUT2D eigenvalue weighted by molar-refractivity contribution is -0.149. The number of nitrogens with two attached hydrogens (primary N) is 1. The number of carbonyl (C=O) groups excluding carboxylic acids is 2. The predicted octanol–water partition coefficient (Wildman–Crippen LogP) is -0.179. The Morgan fingerprint density at radius 3 is 2.50 bits per heavy atom. The van der Waals surface area contributed by atoms with Crippen molar-refractivity contribution in [2.45, 2.75) is 31.7 Å². The molecule has 0 radical (unpaired) electrons. The smallest absolute Gasteiger partial charge is 0.308 e. The minimum absolute atomic E-state index is 0.0486. The van der Waals surface area contributed by atoms with Gasteiger partial charge in [0.05, 0.1) is 19.6 Å². The van der Waals surface area contributed by atoms with Crippen LogP contribution in [-0.4, -0.2) is 67.6 Å². The van der Waals surface area contributed by atoms with Gasteiger partial charge in [-0.05, 0) is 32.2 Å². The lowest BCUT2D eigenvalue weighted by Crippen LogP contribution is -2.49. The molecule has 2 saturated heterocycles. The summed E-state index contributed by atoms with van der Waals surface area (Å²) in [6, 6.07) is 0.196. The third-order valence-corrected chi connectivity index (χ3v) is 4.28. The average molecular weight is 283 g/mol. The van der Waals surface area contributed by atoms with Crippen LogP contribution in [0.1, 0.15) is 25.7 Å². The first kappa shape index (κ1) is 15.3. The molecule has 2 heterocycles. The fourth-order valence-corrected chi connectivity index (χ4v) is 3.06. The summed E-state index contributed by atoms with van der Waals surface area (Å²) in [7, 11) is 1.42. The van der Waals surface area contributed by atoms with E-state index in [1.807, 2.05) is 4.90 Å². The summed E-state index contributed by atoms with van der Waals surface area (Å²) in [4.78, 5) is 27.7. The third-order valence-electron chi connectivity index (χ3n) is 4.28. The van der Waals surface area contributed by atoms with Gasteiger partial charge in [0.2, 0.25) is 5.91 Å². The van der Waals surface area contributed by atoms with Gasteiger partial charge in [-0.15, -0.1) is 0 Å². The lowest BCUT2D eigenvalue weighted by atomic mass is 9.97. The fourth-order valence-electron chi connectivity index (χ4n) is 3.06. The van der Waals surface area contributed by atoms with Gasteiger partial charge in [0.1, 0.15) is 0 Å². The Balaban J connectivity index is 1.75. The van der Waals surface area contributed by atoms with E-state index in [1.165, 1.54) is 7.11 Å². The number of piperidine rings is 2. The number of likely N-dealkylation sites (tertiary alicyclic amines) is 2. The van der Waals surface area contributed by atoms with Crippen molar-refractivity contribution in [3.63, 3.8) is 0 Å². The maximum atomic E-state index is 12.2. The van der Waals surface area contributed by atoms with Crippen LogP contribution in [0.3, 0.4) is 0 Å². The number of esters is 1. The van der Waals surface area contributed by atoms with E-state index < -0.39 is 0 Å². The van der Waals surface area contributed by atoms with Crippen molar-refractivity contribution in [3.8, 4) is 0 Å². The van der Waals surface area contributed by atoms with E-state index in [1.54, 1.807) is 0 Å². The van der Waals surface area contributed by atoms with E-state index in [2.05, 4.69) is 4.90 Å². The van der Waals surface area contributed by atoms with Crippen LogP contribution in [0.5, 0.6) is 0 Å². The maximum absolute atomic E-state index is 12.2. The molecule has 2 aliphatic heterocycles. The fraction of sp³-hybridized carbons (Fsp3) is 0.857. The number of carbonyl (C=O) groups is 2. The SMILES string of the molecule is COC(=O)C1CCN(C(=O)CN2CCC[C@@H](N)C2)CC1. The molecule has 2 aliphatic rings. The first-order chi connectivity index (χ1) is 9.60. The van der Waals surface area contributed by atoms with Crippen LogP contribution < -0.4 is 5.73 Å². The Hall–Kier alpha value is -1.14. The summed E-state index contributed by atoms with van der Waals surface area (Å²) in [5.74, 6) is -0.0472. The zero-order valence-electron chi connectivity index (χ0n) is 12.2. The van der Waals surface area contributed by atoms with Gasteiger partial charge < -0.3 is 15.4 Å². The van der Waals surface area contributed by atoms with Crippen LogP contribution in [0.25, 0.3) is 0 Å². The molecule has 0 aromatic heterocycles. The summed E-state index contributed by atoms with van der Waals surface area (Å²) in [5, 5.41) is 0. The molecule has 6 nitrogen and oxygen atoms in total. The van der Waals surface area contributed by atoms with Gasteiger partial charge in [-0.1, -0.05) is 0 Å². The molecule has 20 heavy (non-hydrogen) atoms. The Morgan fingerprint density at radius 1 is 1.20 bits per heavy atom. The normalized spacial score (nSPS) is 25.5. The maximum Gasteiger partial charge on any atom is 0.308 e. The van der Waals surface area contributed by atoms with Crippen molar-refractivity contribution in [2.24, 2.45) is 11.7 Å². The number of hydrogen-bond acceptors (Lipinski definition) is 5. The van der Waals surface area contributed by atoms with Crippen LogP contribution in [0.15, 0.2) is 0 Å². The monoisotopic (exact) mass is 283 g/mol. The molecule has 2 N–H and O–H groups in total. The largest absolute Gasteiger partial charge is 0.469 e. The molecule has 0 saturated carbocycles. The van der Waals surface area contributed by atoms with Crippen molar-refractivity contribution in [2.75, 3.05) is 39.8 Å². The topological polar surface area (TPSA) is 75.9 Å². The summed E-state index contributed by atoms with van der Waals surface area (Å²) >= 11 is 0. The molecule has 0 aliphatic carbocycles. The second kappa shape index (κ2) is 7.04. The second-order valence-electron chi connectivity index (χ2n) is 5.82. The number of hydrogen-bond donors (Lipinski definition) is 1. The van der Waals surface area contributed by atoms with E-state index >= 15 is 0 Å². The van der Waals surface area contributed by atoms with Crippen molar-refractivity contribution in [3.05, 3.63) is 0 Å². The molecule has 0 unspecified atom stereocenters. The van der Waals surface area contributed by atoms with Crippen molar-refractivity contribution < 1.29 is 14.3 Å². The Morgan fingerprint density at radius 2 is 1.90 bits per heavy atom. The third kappa shape index (κ3) is 3.93. The van der Waals surface area contributed by atoms with Crippen LogP contribution in [0.4, 0.5) is 0 Å². The molecule has 1 atom stereocenters. The summed E-state index contributed by atoms with van der Waals surface area (Å²) in [5.41, 5.74) is 5.93. The highest BCUT2D eigenvalue weighted by Gasteiger charge is 2.29. The Labute approximate surface area is 120 Å². The number of ether oxygens (including phenoxy) is 1. The quantitative estimate of drug-likeness (QED) is 0.727. The zero-order chi connectivity index (χ0) is 14.5. The molecule has 2 fully saturated rings. The van der Waals surface area contributed by atoms with E-state index in [9.17, 15) is 9.59 Å². The molecular weight excluding hydrogens is 258 g/mol. The summed E-state index contributed by atoms with van der Waals surface area (Å²) in [6.45, 7) is 3.52. The molecule has 0 bridgehead atoms. The van der Waals surface area contributed by atoms with Gasteiger partial charge in [-0.2, -0.15) is 0 Å². The van der Waals surface area contributed by atoms with Gasteiger partial charge in [0, 0.05) is 25.7 Å². The second-order valence-corrected chi connectivity index (χ2v) is 5.82. The van der Waals surface area contributed by atoms with Crippen molar-refractivity contribution in [1.82, 2.24) is 9.80 Å². The Kier molecular flexibility index (Phi) is 5.37. The van der Waals surface area contributed by atoms with Crippen LogP contribution >= 0.6 is 0 Å². The van der Waals surface area contributed by atoms with Crippen LogP contribution in [-0.2, 0) is 14.3 Å². The minimum atomic E-state index is -0.154. The molecule has 2 rings (SSSR count). The summed E-state index contributed by atoms with van der Waals surface area (Å²) < 4.78 is 4.75. The lowest BCUT2D eigenvalue weighted by Gasteiger charge is -2.34. The van der Waals surface area contributed by atoms with Crippen molar-refractivity contribution in [1.29, 1.82) is 0 Å². The highest BCUT2D eigenvalue weighted by molar-refractivity contribution is 5.79. The molecule has 0 aromatic carbocycles. The van der Waals surface area contributed by atoms with E-state index in [-0.39, 0.29) is 23.8 Å². The highest BCUT2D eigenvalue weighted by atomic mass is 16.5. The molecule has 1 amide bonds. The van der Waals surface area contributed by atoms with Gasteiger partial charge in [-0.3, -0.25) is 14.5 Å². The zero-order valence-corrected chi connectivity index (χ0v) is 12.2. The molecule has 6 heteroatoms. The number of nitrogens with zero attached hydrogens (tertiary/aromatic N) is 2. The average Bonchev–Trinajstić information content (AvgIpc) is 2.46. The van der Waals surface area contributed by atoms with E-state index in [4.69, 9.17) is 10.5 Å². The van der Waals surface area contributed by atoms with Gasteiger partial charge in [-0.25, -0.2) is 0 Å². The Bertz CT molecular complexity index is 354. The molecule has 114 valence electrons. The van der Waals surface area contributed by atoms with E-state index in [0.29, 0.717) is 32.5 Å². The molecule has 0 aromatic rings. The standard InChI is InChI=1S/C14H25N3O3/c1-20-14(19)11-4-7-17(8-5-11)13(18)10-16-6-2-3-12(15)9-16/h11-12H,2-10,15H2,1H3/t12-/m1/s1. The van der Waals surface area contributed by atoms with Crippen LogP contribution in [0, 0.1) is 5.92 Å². The predicted molar refractivity (Wildman–Crippen MR) is 75.0 cm³/mol. The van der Waals surface area contributed by atoms with Crippen LogP contribution in [0.2, 0.25) is 0 Å². The van der Waals surface area contributed by atoms with E-state index in [0.717, 1.165) is 25.9 Å². The van der Waals surface area contributed by atoms with Gasteiger partial charge >= 0.3 is 5.97 Å². The first-order valence-electron chi connectivity index (χ1n) is 7.43. The van der Waals surface area contributed by atoms with Crippen molar-refractivity contribution >= 4 is 11.9 Å². The highest BCUT2D eigenvalue weighted by Crippen LogP contribution is 2.19. The number of methoxy groups -OCH3 is 1. The minimum Gasteiger partial charge on any atom is -0.469 e. The molecule has 0 spiro atoms. The number of amides is 1. The first-order valence-corrected chi connectivity index (χ1v) is 7.43. The van der Waals surface area contributed by atoms with Gasteiger partial charge in [0.25, 0.3) is 0 Å².